The van der Waals surface area contributed by atoms with Crippen molar-refractivity contribution in [3.63, 3.8) is 0 Å². The largest absolute Gasteiger partial charge is 0.338 e. The number of carbonyl (C=O) groups excluding carboxylic acids is 2. The Hall–Kier alpha value is -3.05. The minimum Gasteiger partial charge on any atom is -0.338 e. The van der Waals surface area contributed by atoms with Crippen molar-refractivity contribution in [3.05, 3.63) is 83.7 Å². The third-order valence-electron chi connectivity index (χ3n) is 7.40. The molecule has 33 heavy (non-hydrogen) atoms. The molecule has 3 aromatic carbocycles. The number of piperidine rings is 1. The molecule has 0 spiro atoms. The van der Waals surface area contributed by atoms with E-state index < -0.39 is 0 Å². The first-order valence-electron chi connectivity index (χ1n) is 11.8. The topological polar surface area (TPSA) is 40.6 Å². The zero-order valence-corrected chi connectivity index (χ0v) is 18.7. The first-order valence-corrected chi connectivity index (χ1v) is 11.8. The number of fused-ring (bicyclic) bond motifs is 1. The summed E-state index contributed by atoms with van der Waals surface area (Å²) in [5, 5.41) is 2.01. The van der Waals surface area contributed by atoms with Gasteiger partial charge in [0.05, 0.1) is 0 Å². The van der Waals surface area contributed by atoms with Crippen LogP contribution in [0.1, 0.15) is 34.7 Å². The molecule has 0 N–H and O–H groups in total. The van der Waals surface area contributed by atoms with Gasteiger partial charge in [-0.15, -0.1) is 0 Å². The Labute approximate surface area is 194 Å². The summed E-state index contributed by atoms with van der Waals surface area (Å²) < 4.78 is 13.2. The molecule has 5 rings (SSSR count). The summed E-state index contributed by atoms with van der Waals surface area (Å²) in [6.07, 6.45) is 3.10. The van der Waals surface area contributed by atoms with Gasteiger partial charge in [-0.25, -0.2) is 4.39 Å². The van der Waals surface area contributed by atoms with Crippen LogP contribution in [-0.4, -0.2) is 54.7 Å². The van der Waals surface area contributed by atoms with Crippen LogP contribution in [0.4, 0.5) is 4.39 Å². The van der Waals surface area contributed by atoms with Crippen LogP contribution in [0.5, 0.6) is 0 Å². The molecule has 0 aliphatic carbocycles. The molecule has 4 nitrogen and oxygen atoms in total. The van der Waals surface area contributed by atoms with Gasteiger partial charge in [-0.2, -0.15) is 0 Å². The molecule has 2 fully saturated rings. The van der Waals surface area contributed by atoms with Crippen LogP contribution in [0.15, 0.2) is 66.7 Å². The van der Waals surface area contributed by atoms with E-state index in [1.54, 1.807) is 0 Å². The quantitative estimate of drug-likeness (QED) is 0.534. The Balaban J connectivity index is 1.22. The fourth-order valence-electron chi connectivity index (χ4n) is 5.51. The van der Waals surface area contributed by atoms with Crippen molar-refractivity contribution in [1.29, 1.82) is 0 Å². The Morgan fingerprint density at radius 2 is 1.67 bits per heavy atom. The Kier molecular flexibility index (Phi) is 6.23. The average molecular weight is 445 g/mol. The average Bonchev–Trinajstić information content (AvgIpc) is 3.27. The van der Waals surface area contributed by atoms with Crippen LogP contribution in [-0.2, 0) is 4.79 Å². The summed E-state index contributed by atoms with van der Waals surface area (Å²) in [5.74, 6) is 0.301. The predicted molar refractivity (Wildman–Crippen MR) is 128 cm³/mol. The molecule has 1 unspecified atom stereocenters. The van der Waals surface area contributed by atoms with E-state index in [1.165, 1.54) is 17.7 Å². The number of carbonyl (C=O) groups is 2. The highest BCUT2D eigenvalue weighted by atomic mass is 19.1. The molecular weight excluding hydrogens is 415 g/mol. The molecule has 3 aromatic rings. The number of likely N-dealkylation sites (tertiary alicyclic amines) is 2. The van der Waals surface area contributed by atoms with Crippen molar-refractivity contribution in [1.82, 2.24) is 9.80 Å². The maximum absolute atomic E-state index is 13.4. The van der Waals surface area contributed by atoms with Crippen LogP contribution in [0.3, 0.4) is 0 Å². The smallest absolute Gasteiger partial charge is 0.254 e. The first-order chi connectivity index (χ1) is 16.1. The molecule has 2 heterocycles. The van der Waals surface area contributed by atoms with Crippen molar-refractivity contribution >= 4 is 23.0 Å². The Bertz CT molecular complexity index is 1130. The SMILES string of the molecule is O=C[C@@H]1CN(C(=O)c2cccc3ccccc23)CC1CN1CCC(c2ccc(F)cc2)CC1. The maximum atomic E-state index is 13.4. The highest BCUT2D eigenvalue weighted by Crippen LogP contribution is 2.31. The van der Waals surface area contributed by atoms with Crippen molar-refractivity contribution in [2.24, 2.45) is 11.8 Å². The van der Waals surface area contributed by atoms with Crippen molar-refractivity contribution < 1.29 is 14.0 Å². The fourth-order valence-corrected chi connectivity index (χ4v) is 5.51. The summed E-state index contributed by atoms with van der Waals surface area (Å²) in [6, 6.07) is 20.6. The minimum atomic E-state index is -0.195. The predicted octanol–water partition coefficient (Wildman–Crippen LogP) is 4.75. The summed E-state index contributed by atoms with van der Waals surface area (Å²) in [7, 11) is 0. The molecule has 0 radical (unpaired) electrons. The Morgan fingerprint density at radius 1 is 0.939 bits per heavy atom. The molecule has 170 valence electrons. The molecule has 2 saturated heterocycles. The number of halogens is 1. The molecular formula is C28H29FN2O2. The monoisotopic (exact) mass is 444 g/mol. The van der Waals surface area contributed by atoms with Gasteiger partial charge in [0.2, 0.25) is 0 Å². The van der Waals surface area contributed by atoms with Gasteiger partial charge >= 0.3 is 0 Å². The van der Waals surface area contributed by atoms with Crippen molar-refractivity contribution in [2.45, 2.75) is 18.8 Å². The number of amides is 1. The third kappa shape index (κ3) is 4.55. The number of aldehydes is 1. The summed E-state index contributed by atoms with van der Waals surface area (Å²) >= 11 is 0. The van der Waals surface area contributed by atoms with Crippen LogP contribution < -0.4 is 0 Å². The van der Waals surface area contributed by atoms with Crippen LogP contribution in [0.25, 0.3) is 10.8 Å². The third-order valence-corrected chi connectivity index (χ3v) is 7.40. The molecule has 0 aromatic heterocycles. The summed E-state index contributed by atoms with van der Waals surface area (Å²) in [4.78, 5) is 29.5. The summed E-state index contributed by atoms with van der Waals surface area (Å²) in [5.41, 5.74) is 1.91. The minimum absolute atomic E-state index is 0.0103. The van der Waals surface area contributed by atoms with Gasteiger partial charge in [0, 0.05) is 37.0 Å². The normalized spacial score (nSPS) is 22.0. The van der Waals surface area contributed by atoms with Gasteiger partial charge in [-0.1, -0.05) is 48.5 Å². The lowest BCUT2D eigenvalue weighted by atomic mass is 9.88. The van der Waals surface area contributed by atoms with Gasteiger partial charge in [-0.3, -0.25) is 4.79 Å². The zero-order valence-electron chi connectivity index (χ0n) is 18.7. The van der Waals surface area contributed by atoms with Gasteiger partial charge < -0.3 is 14.6 Å². The number of nitrogens with zero attached hydrogens (tertiary/aromatic N) is 2. The molecule has 1 amide bonds. The number of hydrogen-bond donors (Lipinski definition) is 0. The molecule has 5 heteroatoms. The standard InChI is InChI=1S/C28H29FN2O2/c29-25-10-8-20(9-11-25)21-12-14-30(15-13-21)16-23-17-31(18-24(23)19-32)28(33)27-7-3-5-22-4-1-2-6-26(22)27/h1-11,19,21,23-24H,12-18H2/t23?,24-/m0/s1. The molecule has 0 saturated carbocycles. The van der Waals surface area contributed by atoms with Crippen molar-refractivity contribution in [2.75, 3.05) is 32.7 Å². The molecule has 2 aliphatic rings. The number of hydrogen-bond acceptors (Lipinski definition) is 3. The lowest BCUT2D eigenvalue weighted by molar-refractivity contribution is -0.111. The van der Waals surface area contributed by atoms with Gasteiger partial charge in [0.15, 0.2) is 0 Å². The number of benzene rings is 3. The van der Waals surface area contributed by atoms with Crippen LogP contribution >= 0.6 is 0 Å². The van der Waals surface area contributed by atoms with E-state index in [0.717, 1.165) is 49.5 Å². The van der Waals surface area contributed by atoms with E-state index in [0.29, 0.717) is 24.6 Å². The van der Waals surface area contributed by atoms with E-state index in [-0.39, 0.29) is 23.6 Å². The van der Waals surface area contributed by atoms with Crippen molar-refractivity contribution in [3.8, 4) is 0 Å². The molecule has 2 atom stereocenters. The van der Waals surface area contributed by atoms with Gasteiger partial charge in [-0.05, 0) is 66.4 Å². The van der Waals surface area contributed by atoms with Crippen LogP contribution in [0, 0.1) is 17.7 Å². The van der Waals surface area contributed by atoms with E-state index in [2.05, 4.69) is 4.90 Å². The maximum Gasteiger partial charge on any atom is 0.254 e. The van der Waals surface area contributed by atoms with E-state index in [9.17, 15) is 14.0 Å². The second-order valence-corrected chi connectivity index (χ2v) is 9.42. The zero-order chi connectivity index (χ0) is 22.8. The summed E-state index contributed by atoms with van der Waals surface area (Å²) in [6.45, 7) is 3.85. The second-order valence-electron chi connectivity index (χ2n) is 9.42. The van der Waals surface area contributed by atoms with Crippen LogP contribution in [0.2, 0.25) is 0 Å². The highest BCUT2D eigenvalue weighted by Gasteiger charge is 2.37. The molecule has 2 aliphatic heterocycles. The first kappa shape index (κ1) is 21.8. The highest BCUT2D eigenvalue weighted by molar-refractivity contribution is 6.07. The Morgan fingerprint density at radius 3 is 2.42 bits per heavy atom. The molecule has 0 bridgehead atoms. The van der Waals surface area contributed by atoms with Gasteiger partial charge in [0.25, 0.3) is 5.91 Å². The second kappa shape index (κ2) is 9.44. The van der Waals surface area contributed by atoms with E-state index >= 15 is 0 Å². The lowest BCUT2D eigenvalue weighted by Gasteiger charge is -2.34. The van der Waals surface area contributed by atoms with E-state index in [4.69, 9.17) is 0 Å². The van der Waals surface area contributed by atoms with E-state index in [1.807, 2.05) is 59.5 Å². The number of rotatable bonds is 5. The fraction of sp³-hybridized carbons (Fsp3) is 0.357. The lowest BCUT2D eigenvalue weighted by Crippen LogP contribution is -2.39. The van der Waals surface area contributed by atoms with Gasteiger partial charge in [0.1, 0.15) is 12.1 Å².